The highest BCUT2D eigenvalue weighted by Crippen LogP contribution is 2.34. The van der Waals surface area contributed by atoms with Crippen LogP contribution in [0.1, 0.15) is 30.7 Å². The van der Waals surface area contributed by atoms with E-state index in [4.69, 9.17) is 4.98 Å². The summed E-state index contributed by atoms with van der Waals surface area (Å²) in [6, 6.07) is 18.4. The van der Waals surface area contributed by atoms with Crippen molar-refractivity contribution in [3.63, 3.8) is 0 Å². The highest BCUT2D eigenvalue weighted by atomic mass is 32.2. The third kappa shape index (κ3) is 6.19. The van der Waals surface area contributed by atoms with Gasteiger partial charge in [0.1, 0.15) is 0 Å². The molecule has 2 aromatic carbocycles. The SMILES string of the molecule is CCc1ccccc1N(C(C)=O)c1nc(CSc2nnc(NCCc3ccccc3)s2)cs1. The van der Waals surface area contributed by atoms with Gasteiger partial charge in [0.05, 0.1) is 11.4 Å². The maximum absolute atomic E-state index is 12.4. The fraction of sp³-hybridized carbons (Fsp3) is 0.250. The fourth-order valence-corrected chi connectivity index (χ4v) is 5.99. The molecule has 0 aliphatic carbocycles. The summed E-state index contributed by atoms with van der Waals surface area (Å²) >= 11 is 4.64. The number of nitrogens with one attached hydrogen (secondary N) is 1. The minimum absolute atomic E-state index is 0.0419. The van der Waals surface area contributed by atoms with Crippen LogP contribution in [0.2, 0.25) is 0 Å². The first-order chi connectivity index (χ1) is 16.1. The van der Waals surface area contributed by atoms with Crippen LogP contribution in [0.15, 0.2) is 64.3 Å². The van der Waals surface area contributed by atoms with Crippen LogP contribution in [-0.4, -0.2) is 27.6 Å². The van der Waals surface area contributed by atoms with E-state index in [1.807, 2.05) is 29.6 Å². The Labute approximate surface area is 206 Å². The topological polar surface area (TPSA) is 71.0 Å². The first-order valence-corrected chi connectivity index (χ1v) is 13.4. The summed E-state index contributed by atoms with van der Waals surface area (Å²) in [5.74, 6) is 0.635. The Morgan fingerprint density at radius 1 is 1.09 bits per heavy atom. The minimum atomic E-state index is -0.0419. The van der Waals surface area contributed by atoms with Gasteiger partial charge in [-0.2, -0.15) is 0 Å². The van der Waals surface area contributed by atoms with Gasteiger partial charge in [-0.1, -0.05) is 78.6 Å². The number of benzene rings is 2. The molecule has 4 aromatic rings. The van der Waals surface area contributed by atoms with Gasteiger partial charge >= 0.3 is 0 Å². The number of carbonyl (C=O) groups excluding carboxylic acids is 1. The number of carbonyl (C=O) groups is 1. The number of amides is 1. The van der Waals surface area contributed by atoms with Crippen molar-refractivity contribution >= 4 is 56.3 Å². The molecule has 0 spiro atoms. The van der Waals surface area contributed by atoms with E-state index >= 15 is 0 Å². The molecule has 2 heterocycles. The summed E-state index contributed by atoms with van der Waals surface area (Å²) in [6.07, 6.45) is 1.80. The molecular formula is C24H25N5OS3. The number of rotatable bonds is 10. The first kappa shape index (κ1) is 23.4. The Kier molecular flexibility index (Phi) is 8.09. The quantitative estimate of drug-likeness (QED) is 0.265. The van der Waals surface area contributed by atoms with Crippen LogP contribution in [0.5, 0.6) is 0 Å². The van der Waals surface area contributed by atoms with Crippen LogP contribution in [0.3, 0.4) is 0 Å². The predicted molar refractivity (Wildman–Crippen MR) is 139 cm³/mol. The van der Waals surface area contributed by atoms with E-state index < -0.39 is 0 Å². The number of aromatic nitrogens is 3. The van der Waals surface area contributed by atoms with Gasteiger partial charge in [-0.15, -0.1) is 21.5 Å². The van der Waals surface area contributed by atoms with Gasteiger partial charge in [0.2, 0.25) is 11.0 Å². The number of para-hydroxylation sites is 1. The largest absolute Gasteiger partial charge is 0.360 e. The normalized spacial score (nSPS) is 10.8. The number of nitrogens with zero attached hydrogens (tertiary/aromatic N) is 4. The van der Waals surface area contributed by atoms with E-state index in [0.29, 0.717) is 10.9 Å². The molecule has 33 heavy (non-hydrogen) atoms. The summed E-state index contributed by atoms with van der Waals surface area (Å²) in [4.78, 5) is 18.9. The Bertz CT molecular complexity index is 1190. The first-order valence-electron chi connectivity index (χ1n) is 10.7. The molecule has 4 rings (SSSR count). The second-order valence-corrected chi connectivity index (χ2v) is 10.3. The van der Waals surface area contributed by atoms with Crippen molar-refractivity contribution in [2.45, 2.75) is 36.8 Å². The second kappa shape index (κ2) is 11.4. The number of anilines is 3. The van der Waals surface area contributed by atoms with Crippen LogP contribution in [0.25, 0.3) is 0 Å². The Morgan fingerprint density at radius 2 is 1.88 bits per heavy atom. The number of aryl methyl sites for hydroxylation is 1. The van der Waals surface area contributed by atoms with Gasteiger partial charge in [-0.3, -0.25) is 9.69 Å². The van der Waals surface area contributed by atoms with Crippen molar-refractivity contribution in [1.82, 2.24) is 15.2 Å². The van der Waals surface area contributed by atoms with Gasteiger partial charge in [-0.05, 0) is 30.0 Å². The van der Waals surface area contributed by atoms with Gasteiger partial charge in [-0.25, -0.2) is 4.98 Å². The zero-order valence-corrected chi connectivity index (χ0v) is 21.0. The second-order valence-electron chi connectivity index (χ2n) is 7.28. The molecule has 0 aliphatic heterocycles. The van der Waals surface area contributed by atoms with Crippen LogP contribution in [-0.2, 0) is 23.4 Å². The molecule has 0 radical (unpaired) electrons. The predicted octanol–water partition coefficient (Wildman–Crippen LogP) is 6.19. The lowest BCUT2D eigenvalue weighted by molar-refractivity contribution is -0.115. The summed E-state index contributed by atoms with van der Waals surface area (Å²) in [6.45, 7) is 4.49. The van der Waals surface area contributed by atoms with Crippen LogP contribution >= 0.6 is 34.4 Å². The summed E-state index contributed by atoms with van der Waals surface area (Å²) < 4.78 is 0.895. The lowest BCUT2D eigenvalue weighted by Crippen LogP contribution is -2.23. The Hall–Kier alpha value is -2.75. The van der Waals surface area contributed by atoms with E-state index in [2.05, 4.69) is 52.8 Å². The molecular weight excluding hydrogens is 470 g/mol. The van der Waals surface area contributed by atoms with Crippen molar-refractivity contribution < 1.29 is 4.79 Å². The Morgan fingerprint density at radius 3 is 2.67 bits per heavy atom. The Balaban J connectivity index is 1.34. The van der Waals surface area contributed by atoms with Crippen molar-refractivity contribution in [3.8, 4) is 0 Å². The van der Waals surface area contributed by atoms with Gasteiger partial charge in [0.25, 0.3) is 0 Å². The molecule has 6 nitrogen and oxygen atoms in total. The molecule has 1 amide bonds. The minimum Gasteiger partial charge on any atom is -0.360 e. The molecule has 9 heteroatoms. The van der Waals surface area contributed by atoms with Gasteiger partial charge in [0, 0.05) is 24.6 Å². The highest BCUT2D eigenvalue weighted by molar-refractivity contribution is 8.00. The van der Waals surface area contributed by atoms with Crippen molar-refractivity contribution in [3.05, 3.63) is 76.8 Å². The molecule has 0 saturated heterocycles. The van der Waals surface area contributed by atoms with Crippen molar-refractivity contribution in [2.24, 2.45) is 0 Å². The molecule has 1 N–H and O–H groups in total. The molecule has 0 fully saturated rings. The third-order valence-electron chi connectivity index (χ3n) is 4.94. The number of thioether (sulfide) groups is 1. The monoisotopic (exact) mass is 495 g/mol. The van der Waals surface area contributed by atoms with Crippen LogP contribution in [0.4, 0.5) is 16.0 Å². The van der Waals surface area contributed by atoms with Gasteiger partial charge in [0.15, 0.2) is 9.47 Å². The summed E-state index contributed by atoms with van der Waals surface area (Å²) in [5.41, 5.74) is 4.25. The standard InChI is InChI=1S/C24H25N5OS3/c1-3-19-11-7-8-12-21(19)29(17(2)30)23-26-20(15-31-23)16-32-24-28-27-22(33-24)25-14-13-18-9-5-4-6-10-18/h4-12,15H,3,13-14,16H2,1-2H3,(H,25,27). The lowest BCUT2D eigenvalue weighted by Gasteiger charge is -2.20. The number of hydrogen-bond donors (Lipinski definition) is 1. The maximum Gasteiger partial charge on any atom is 0.230 e. The summed E-state index contributed by atoms with van der Waals surface area (Å²) in [5, 5.41) is 15.4. The summed E-state index contributed by atoms with van der Waals surface area (Å²) in [7, 11) is 0. The smallest absolute Gasteiger partial charge is 0.230 e. The van der Waals surface area contributed by atoms with E-state index in [0.717, 1.165) is 45.8 Å². The molecule has 170 valence electrons. The molecule has 0 saturated carbocycles. The van der Waals surface area contributed by atoms with Crippen molar-refractivity contribution in [1.29, 1.82) is 0 Å². The van der Waals surface area contributed by atoms with E-state index in [9.17, 15) is 4.79 Å². The fourth-order valence-electron chi connectivity index (χ4n) is 3.33. The average Bonchev–Trinajstić information content (AvgIpc) is 3.48. The highest BCUT2D eigenvalue weighted by Gasteiger charge is 2.20. The zero-order valence-electron chi connectivity index (χ0n) is 18.5. The lowest BCUT2D eigenvalue weighted by atomic mass is 10.1. The van der Waals surface area contributed by atoms with E-state index in [1.54, 1.807) is 34.9 Å². The average molecular weight is 496 g/mol. The molecule has 0 unspecified atom stereocenters. The van der Waals surface area contributed by atoms with Crippen LogP contribution < -0.4 is 10.2 Å². The molecule has 0 aliphatic rings. The van der Waals surface area contributed by atoms with E-state index in [-0.39, 0.29) is 5.91 Å². The molecule has 0 atom stereocenters. The number of hydrogen-bond acceptors (Lipinski definition) is 8. The van der Waals surface area contributed by atoms with Crippen LogP contribution in [0, 0.1) is 0 Å². The van der Waals surface area contributed by atoms with Crippen molar-refractivity contribution in [2.75, 3.05) is 16.8 Å². The number of thiazole rings is 1. The molecule has 2 aromatic heterocycles. The van der Waals surface area contributed by atoms with E-state index in [1.165, 1.54) is 16.9 Å². The third-order valence-corrected chi connectivity index (χ3v) is 7.86. The molecule has 0 bridgehead atoms. The van der Waals surface area contributed by atoms with Gasteiger partial charge < -0.3 is 5.32 Å². The zero-order chi connectivity index (χ0) is 23.0. The maximum atomic E-state index is 12.4.